The molecule has 1 fully saturated rings. The van der Waals surface area contributed by atoms with Gasteiger partial charge >= 0.3 is 0 Å². The third-order valence-corrected chi connectivity index (χ3v) is 6.11. The molecule has 0 saturated carbocycles. The fourth-order valence-electron chi connectivity index (χ4n) is 4.57. The number of amides is 1. The van der Waals surface area contributed by atoms with Gasteiger partial charge in [0.25, 0.3) is 11.7 Å². The Labute approximate surface area is 191 Å². The summed E-state index contributed by atoms with van der Waals surface area (Å²) >= 11 is 0. The molecule has 33 heavy (non-hydrogen) atoms. The fraction of sp³-hybridized carbons (Fsp3) is 0.320. The number of ketones is 1. The predicted octanol–water partition coefficient (Wildman–Crippen LogP) is 3.62. The Bertz CT molecular complexity index is 1240. The minimum absolute atomic E-state index is 0.0453. The fourth-order valence-corrected chi connectivity index (χ4v) is 4.57. The lowest BCUT2D eigenvalue weighted by molar-refractivity contribution is -0.140. The third kappa shape index (κ3) is 3.82. The Morgan fingerprint density at radius 3 is 2.79 bits per heavy atom. The summed E-state index contributed by atoms with van der Waals surface area (Å²) in [6.45, 7) is 4.76. The van der Waals surface area contributed by atoms with Gasteiger partial charge in [-0.05, 0) is 56.2 Å². The van der Waals surface area contributed by atoms with Crippen molar-refractivity contribution in [2.75, 3.05) is 6.54 Å². The number of ether oxygens (including phenoxy) is 1. The molecule has 8 heteroatoms. The summed E-state index contributed by atoms with van der Waals surface area (Å²) < 4.78 is 13.5. The van der Waals surface area contributed by atoms with Crippen molar-refractivity contribution in [2.24, 2.45) is 0 Å². The minimum atomic E-state index is -0.787. The summed E-state index contributed by atoms with van der Waals surface area (Å²) in [7, 11) is 0. The van der Waals surface area contributed by atoms with Gasteiger partial charge in [0.2, 0.25) is 0 Å². The smallest absolute Gasteiger partial charge is 0.295 e. The number of Topliss-reactive ketones (excluding diaryl/α,β-unsaturated/α-hetero) is 1. The lowest BCUT2D eigenvalue weighted by Crippen LogP contribution is -2.31. The topological polar surface area (TPSA) is 97.8 Å². The Hall–Kier alpha value is -3.81. The minimum Gasteiger partial charge on any atom is -0.507 e. The van der Waals surface area contributed by atoms with Crippen molar-refractivity contribution in [3.05, 3.63) is 77.3 Å². The van der Waals surface area contributed by atoms with Gasteiger partial charge in [-0.2, -0.15) is 0 Å². The Balaban J connectivity index is 1.51. The van der Waals surface area contributed by atoms with Crippen LogP contribution in [0.3, 0.4) is 0 Å². The maximum absolute atomic E-state index is 13.1. The molecular formula is C25H25N3O5. The van der Waals surface area contributed by atoms with Gasteiger partial charge < -0.3 is 23.7 Å². The van der Waals surface area contributed by atoms with Crippen molar-refractivity contribution in [1.29, 1.82) is 0 Å². The first-order valence-electron chi connectivity index (χ1n) is 11.0. The van der Waals surface area contributed by atoms with Crippen molar-refractivity contribution in [2.45, 2.75) is 45.4 Å². The molecule has 170 valence electrons. The number of benzene rings is 1. The largest absolute Gasteiger partial charge is 0.507 e. The van der Waals surface area contributed by atoms with E-state index in [1.165, 1.54) is 4.90 Å². The number of rotatable bonds is 6. The highest BCUT2D eigenvalue weighted by molar-refractivity contribution is 6.46. The van der Waals surface area contributed by atoms with Crippen LogP contribution in [0.15, 0.2) is 59.0 Å². The number of hydrogen-bond donors (Lipinski definition) is 1. The van der Waals surface area contributed by atoms with E-state index >= 15 is 0 Å². The number of hydrogen-bond acceptors (Lipinski definition) is 6. The van der Waals surface area contributed by atoms with Gasteiger partial charge in [0, 0.05) is 37.5 Å². The second-order valence-corrected chi connectivity index (χ2v) is 8.55. The number of likely N-dealkylation sites (tertiary alicyclic amines) is 1. The van der Waals surface area contributed by atoms with Gasteiger partial charge in [-0.3, -0.25) is 9.59 Å². The monoisotopic (exact) mass is 447 g/mol. The predicted molar refractivity (Wildman–Crippen MR) is 120 cm³/mol. The van der Waals surface area contributed by atoms with Gasteiger partial charge in [-0.1, -0.05) is 0 Å². The standard InChI is InChI=1S/C25H25N3O5/c1-15-4-6-20(32-15)22-21(23(29)17-5-7-19-18(13-17)12-16(2)33-19)24(30)25(31)28(22)10-3-9-27-11-8-26-14-27/h4-8,11,13-14,16,22,29H,3,9-10,12H2,1-2H3/t16-,22+/m1/s1. The number of nitrogens with zero attached hydrogens (tertiary/aromatic N) is 3. The lowest BCUT2D eigenvalue weighted by atomic mass is 9.97. The van der Waals surface area contributed by atoms with Crippen LogP contribution in [0.25, 0.3) is 5.76 Å². The van der Waals surface area contributed by atoms with Crippen LogP contribution < -0.4 is 4.74 Å². The van der Waals surface area contributed by atoms with Crippen LogP contribution in [0.1, 0.15) is 42.0 Å². The van der Waals surface area contributed by atoms with Gasteiger partial charge in [-0.25, -0.2) is 4.98 Å². The Kier molecular flexibility index (Phi) is 5.28. The molecule has 1 saturated heterocycles. The molecule has 0 aliphatic carbocycles. The average Bonchev–Trinajstić information content (AvgIpc) is 3.57. The highest BCUT2D eigenvalue weighted by Gasteiger charge is 2.47. The van der Waals surface area contributed by atoms with E-state index in [2.05, 4.69) is 4.98 Å². The van der Waals surface area contributed by atoms with Crippen LogP contribution in [-0.2, 0) is 22.6 Å². The summed E-state index contributed by atoms with van der Waals surface area (Å²) in [5.41, 5.74) is 1.49. The second-order valence-electron chi connectivity index (χ2n) is 8.55. The van der Waals surface area contributed by atoms with E-state index in [9.17, 15) is 14.7 Å². The molecule has 2 aromatic heterocycles. The van der Waals surface area contributed by atoms with Gasteiger partial charge in [0.05, 0.1) is 11.9 Å². The Morgan fingerprint density at radius 2 is 2.06 bits per heavy atom. The summed E-state index contributed by atoms with van der Waals surface area (Å²) in [6.07, 6.45) is 6.65. The van der Waals surface area contributed by atoms with Crippen LogP contribution in [0.4, 0.5) is 0 Å². The molecule has 1 aromatic carbocycles. The summed E-state index contributed by atoms with van der Waals surface area (Å²) in [5.74, 6) is 0.342. The number of furan rings is 1. The van der Waals surface area contributed by atoms with Crippen LogP contribution in [0.5, 0.6) is 5.75 Å². The van der Waals surface area contributed by atoms with Crippen LogP contribution >= 0.6 is 0 Å². The molecular weight excluding hydrogens is 422 g/mol. The number of fused-ring (bicyclic) bond motifs is 1. The normalized spacial score (nSPS) is 21.5. The number of carbonyl (C=O) groups is 2. The van der Waals surface area contributed by atoms with Crippen LogP contribution in [-0.4, -0.2) is 43.9 Å². The van der Waals surface area contributed by atoms with Crippen molar-refractivity contribution in [3.63, 3.8) is 0 Å². The Morgan fingerprint density at radius 1 is 1.21 bits per heavy atom. The molecule has 0 spiro atoms. The number of carbonyl (C=O) groups excluding carboxylic acids is 2. The molecule has 0 radical (unpaired) electrons. The number of aryl methyl sites for hydroxylation is 2. The molecule has 8 nitrogen and oxygen atoms in total. The maximum atomic E-state index is 13.1. The molecule has 1 amide bonds. The summed E-state index contributed by atoms with van der Waals surface area (Å²) in [4.78, 5) is 31.6. The van der Waals surface area contributed by atoms with Crippen molar-refractivity contribution in [1.82, 2.24) is 14.5 Å². The second kappa shape index (κ2) is 8.27. The quantitative estimate of drug-likeness (QED) is 0.352. The molecule has 0 bridgehead atoms. The maximum Gasteiger partial charge on any atom is 0.295 e. The number of aliphatic hydroxyl groups is 1. The molecule has 1 N–H and O–H groups in total. The van der Waals surface area contributed by atoms with Gasteiger partial charge in [-0.15, -0.1) is 0 Å². The summed E-state index contributed by atoms with van der Waals surface area (Å²) in [6, 6.07) is 8.08. The molecule has 5 rings (SSSR count). The lowest BCUT2D eigenvalue weighted by Gasteiger charge is -2.23. The number of imidazole rings is 1. The average molecular weight is 447 g/mol. The molecule has 2 atom stereocenters. The summed E-state index contributed by atoms with van der Waals surface area (Å²) in [5, 5.41) is 11.2. The van der Waals surface area contributed by atoms with E-state index in [4.69, 9.17) is 9.15 Å². The SMILES string of the molecule is Cc1ccc([C@H]2C(=C(O)c3ccc4c(c3)C[C@@H](C)O4)C(=O)C(=O)N2CCCn2ccnc2)o1. The zero-order valence-corrected chi connectivity index (χ0v) is 18.5. The first-order chi connectivity index (χ1) is 15.9. The highest BCUT2D eigenvalue weighted by atomic mass is 16.5. The number of aromatic nitrogens is 2. The van der Waals surface area contributed by atoms with E-state index in [-0.39, 0.29) is 17.4 Å². The first-order valence-corrected chi connectivity index (χ1v) is 11.0. The van der Waals surface area contributed by atoms with E-state index in [0.717, 1.165) is 17.7 Å². The van der Waals surface area contributed by atoms with Gasteiger partial charge in [0.15, 0.2) is 0 Å². The van der Waals surface area contributed by atoms with Crippen LogP contribution in [0.2, 0.25) is 0 Å². The molecule has 3 aromatic rings. The van der Waals surface area contributed by atoms with E-state index < -0.39 is 17.7 Å². The van der Waals surface area contributed by atoms with E-state index in [0.29, 0.717) is 36.6 Å². The van der Waals surface area contributed by atoms with E-state index in [1.54, 1.807) is 43.7 Å². The van der Waals surface area contributed by atoms with Crippen molar-refractivity contribution in [3.8, 4) is 5.75 Å². The van der Waals surface area contributed by atoms with Crippen molar-refractivity contribution >= 4 is 17.4 Å². The number of aliphatic hydroxyl groups excluding tert-OH is 1. The molecule has 2 aliphatic rings. The molecule has 2 aliphatic heterocycles. The van der Waals surface area contributed by atoms with Crippen LogP contribution in [0, 0.1) is 6.92 Å². The zero-order chi connectivity index (χ0) is 23.1. The van der Waals surface area contributed by atoms with E-state index in [1.807, 2.05) is 23.8 Å². The zero-order valence-electron chi connectivity index (χ0n) is 18.5. The highest BCUT2D eigenvalue weighted by Crippen LogP contribution is 2.41. The third-order valence-electron chi connectivity index (χ3n) is 6.11. The first kappa shape index (κ1) is 21.1. The molecule has 4 heterocycles. The van der Waals surface area contributed by atoms with Gasteiger partial charge in [0.1, 0.15) is 35.2 Å². The molecule has 0 unspecified atom stereocenters. The van der Waals surface area contributed by atoms with Crippen molar-refractivity contribution < 1.29 is 23.8 Å².